The Bertz CT molecular complexity index is 1350. The van der Waals surface area contributed by atoms with E-state index in [4.69, 9.17) is 4.74 Å². The lowest BCUT2D eigenvalue weighted by Gasteiger charge is -2.32. The van der Waals surface area contributed by atoms with Crippen LogP contribution in [0.15, 0.2) is 95.9 Å². The Balaban J connectivity index is 1.63. The molecule has 2 atom stereocenters. The molecule has 1 heterocycles. The van der Waals surface area contributed by atoms with Crippen LogP contribution in [0.3, 0.4) is 0 Å². The van der Waals surface area contributed by atoms with Crippen molar-refractivity contribution >= 4 is 27.7 Å². The van der Waals surface area contributed by atoms with Gasteiger partial charge in [0.1, 0.15) is 24.7 Å². The molecule has 0 radical (unpaired) electrons. The molecule has 3 aromatic carbocycles. The van der Waals surface area contributed by atoms with Crippen LogP contribution in [0.25, 0.3) is 5.70 Å². The quantitative estimate of drug-likeness (QED) is 0.435. The number of nitrogens with zero attached hydrogens (tertiary/aromatic N) is 1. The fraction of sp³-hybridized carbons (Fsp3) is 0.214. The van der Waals surface area contributed by atoms with E-state index in [9.17, 15) is 18.0 Å². The van der Waals surface area contributed by atoms with Crippen LogP contribution in [-0.2, 0) is 26.0 Å². The lowest BCUT2D eigenvalue weighted by atomic mass is 9.86. The lowest BCUT2D eigenvalue weighted by molar-refractivity contribution is -0.131. The Labute approximate surface area is 205 Å². The van der Waals surface area contributed by atoms with Crippen molar-refractivity contribution in [1.29, 1.82) is 0 Å². The zero-order valence-corrected chi connectivity index (χ0v) is 20.4. The van der Waals surface area contributed by atoms with Gasteiger partial charge in [0, 0.05) is 18.0 Å². The molecule has 0 aliphatic carbocycles. The highest BCUT2D eigenvalue weighted by atomic mass is 32.2. The summed E-state index contributed by atoms with van der Waals surface area (Å²) < 4.78 is 32.8. The third kappa shape index (κ3) is 5.20. The van der Waals surface area contributed by atoms with E-state index in [0.29, 0.717) is 24.3 Å². The smallest absolute Gasteiger partial charge is 0.224 e. The van der Waals surface area contributed by atoms with Gasteiger partial charge < -0.3 is 14.4 Å². The molecule has 2 unspecified atom stereocenters. The molecule has 1 aliphatic rings. The van der Waals surface area contributed by atoms with Crippen molar-refractivity contribution in [3.05, 3.63) is 102 Å². The molecule has 1 amide bonds. The number of hydrogen-bond donors (Lipinski definition) is 0. The average Bonchev–Trinajstić information content (AvgIpc) is 3.15. The summed E-state index contributed by atoms with van der Waals surface area (Å²) in [4.78, 5) is 26.2. The topological polar surface area (TPSA) is 80.8 Å². The zero-order valence-electron chi connectivity index (χ0n) is 19.6. The van der Waals surface area contributed by atoms with Gasteiger partial charge >= 0.3 is 0 Å². The summed E-state index contributed by atoms with van der Waals surface area (Å²) in [6.07, 6.45) is 2.39. The lowest BCUT2D eigenvalue weighted by Crippen LogP contribution is -2.45. The summed E-state index contributed by atoms with van der Waals surface area (Å²) in [6.45, 7) is 3.39. The largest absolute Gasteiger partial charge is 0.489 e. The summed E-state index contributed by atoms with van der Waals surface area (Å²) in [6, 6.07) is 24.2. The first-order chi connectivity index (χ1) is 16.7. The molecule has 0 fully saturated rings. The second-order valence-electron chi connectivity index (χ2n) is 8.88. The Morgan fingerprint density at radius 3 is 2.29 bits per heavy atom. The van der Waals surface area contributed by atoms with Crippen LogP contribution in [0.4, 0.5) is 0 Å². The van der Waals surface area contributed by atoms with E-state index in [-0.39, 0.29) is 16.6 Å². The number of carbonyl (C=O) groups is 2. The maximum atomic E-state index is 13.5. The number of aldehydes is 1. The van der Waals surface area contributed by atoms with Crippen molar-refractivity contribution in [2.24, 2.45) is 5.41 Å². The number of benzene rings is 3. The summed E-state index contributed by atoms with van der Waals surface area (Å²) in [5, 5.41) is 0. The van der Waals surface area contributed by atoms with Crippen LogP contribution in [-0.4, -0.2) is 37.3 Å². The molecular weight excluding hydrogens is 462 g/mol. The third-order valence-electron chi connectivity index (χ3n) is 6.13. The summed E-state index contributed by atoms with van der Waals surface area (Å²) in [5.41, 5.74) is 1.13. The van der Waals surface area contributed by atoms with Gasteiger partial charge in [-0.05, 0) is 29.3 Å². The van der Waals surface area contributed by atoms with Crippen molar-refractivity contribution in [2.75, 3.05) is 5.75 Å². The Morgan fingerprint density at radius 1 is 1.00 bits per heavy atom. The van der Waals surface area contributed by atoms with E-state index in [1.165, 1.54) is 24.0 Å². The highest BCUT2D eigenvalue weighted by Crippen LogP contribution is 2.43. The number of carbonyl (C=O) groups excluding carboxylic acids is 2. The normalized spacial score (nSPS) is 19.8. The van der Waals surface area contributed by atoms with Crippen molar-refractivity contribution in [1.82, 2.24) is 4.90 Å². The Hall–Kier alpha value is -3.71. The van der Waals surface area contributed by atoms with Gasteiger partial charge in [0.05, 0.1) is 10.6 Å². The molecule has 7 heteroatoms. The minimum atomic E-state index is -3.83. The SMILES string of the molecule is CC(=O)N1C(c2ccccc2)=CC(C)(CS(=O)(=O)c2cccc(OCc3ccccc3)c2)C1C=O. The number of sulfone groups is 1. The second kappa shape index (κ2) is 9.88. The van der Waals surface area contributed by atoms with Crippen LogP contribution in [0, 0.1) is 5.41 Å². The second-order valence-corrected chi connectivity index (χ2v) is 10.9. The van der Waals surface area contributed by atoms with Crippen LogP contribution in [0.1, 0.15) is 25.0 Å². The molecule has 0 saturated heterocycles. The number of ether oxygens (including phenoxy) is 1. The molecule has 0 saturated carbocycles. The van der Waals surface area contributed by atoms with E-state index >= 15 is 0 Å². The van der Waals surface area contributed by atoms with E-state index in [0.717, 1.165) is 11.1 Å². The molecule has 3 aromatic rings. The van der Waals surface area contributed by atoms with Crippen LogP contribution in [0.5, 0.6) is 5.75 Å². The number of rotatable bonds is 8. The van der Waals surface area contributed by atoms with Crippen molar-refractivity contribution < 1.29 is 22.7 Å². The molecule has 180 valence electrons. The van der Waals surface area contributed by atoms with Crippen LogP contribution in [0.2, 0.25) is 0 Å². The van der Waals surface area contributed by atoms with Gasteiger partial charge in [-0.1, -0.05) is 79.7 Å². The van der Waals surface area contributed by atoms with E-state index in [2.05, 4.69) is 0 Å². The average molecular weight is 490 g/mol. The molecule has 6 nitrogen and oxygen atoms in total. The number of hydrogen-bond acceptors (Lipinski definition) is 5. The molecule has 0 N–H and O–H groups in total. The van der Waals surface area contributed by atoms with E-state index < -0.39 is 21.3 Å². The zero-order chi connectivity index (χ0) is 25.1. The molecule has 4 rings (SSSR count). The maximum absolute atomic E-state index is 13.5. The first-order valence-electron chi connectivity index (χ1n) is 11.3. The van der Waals surface area contributed by atoms with E-state index in [1.807, 2.05) is 60.7 Å². The monoisotopic (exact) mass is 489 g/mol. The first kappa shape index (κ1) is 24.4. The molecule has 35 heavy (non-hydrogen) atoms. The number of amides is 1. The van der Waals surface area contributed by atoms with Gasteiger partial charge in [0.15, 0.2) is 9.84 Å². The van der Waals surface area contributed by atoms with E-state index in [1.54, 1.807) is 25.1 Å². The molecular formula is C28H27NO5S. The first-order valence-corrected chi connectivity index (χ1v) is 12.9. The van der Waals surface area contributed by atoms with Gasteiger partial charge in [-0.15, -0.1) is 0 Å². The molecule has 0 spiro atoms. The standard InChI is InChI=1S/C28H27NO5S/c1-21(31)29-26(23-12-7-4-8-13-23)17-28(2,27(29)18-30)20-35(32,33)25-15-9-14-24(16-25)34-19-22-10-5-3-6-11-22/h3-18,27H,19-20H2,1-2H3. The van der Waals surface area contributed by atoms with Crippen LogP contribution >= 0.6 is 0 Å². The predicted molar refractivity (Wildman–Crippen MR) is 134 cm³/mol. The van der Waals surface area contributed by atoms with Gasteiger partial charge in [0.25, 0.3) is 0 Å². The highest BCUT2D eigenvalue weighted by Gasteiger charge is 2.48. The maximum Gasteiger partial charge on any atom is 0.224 e. The van der Waals surface area contributed by atoms with Crippen molar-refractivity contribution in [3.8, 4) is 5.75 Å². The fourth-order valence-electron chi connectivity index (χ4n) is 4.44. The third-order valence-corrected chi connectivity index (χ3v) is 8.11. The minimum absolute atomic E-state index is 0.102. The summed E-state index contributed by atoms with van der Waals surface area (Å²) >= 11 is 0. The highest BCUT2D eigenvalue weighted by molar-refractivity contribution is 7.91. The summed E-state index contributed by atoms with van der Waals surface area (Å²) in [5.74, 6) is -0.231. The van der Waals surface area contributed by atoms with Gasteiger partial charge in [0.2, 0.25) is 5.91 Å². The minimum Gasteiger partial charge on any atom is -0.489 e. The van der Waals surface area contributed by atoms with Crippen molar-refractivity contribution in [3.63, 3.8) is 0 Å². The molecule has 1 aliphatic heterocycles. The fourth-order valence-corrected chi connectivity index (χ4v) is 6.26. The Kier molecular flexibility index (Phi) is 6.89. The van der Waals surface area contributed by atoms with Crippen LogP contribution < -0.4 is 4.74 Å². The van der Waals surface area contributed by atoms with Gasteiger partial charge in [-0.25, -0.2) is 8.42 Å². The molecule has 0 bridgehead atoms. The van der Waals surface area contributed by atoms with Gasteiger partial charge in [-0.3, -0.25) is 4.79 Å². The van der Waals surface area contributed by atoms with Crippen molar-refractivity contribution in [2.45, 2.75) is 31.4 Å². The summed E-state index contributed by atoms with van der Waals surface area (Å²) in [7, 11) is -3.83. The van der Waals surface area contributed by atoms with Gasteiger partial charge in [-0.2, -0.15) is 0 Å². The Morgan fingerprint density at radius 2 is 1.66 bits per heavy atom. The molecule has 0 aromatic heterocycles. The predicted octanol–water partition coefficient (Wildman–Crippen LogP) is 4.52.